The Bertz CT molecular complexity index is 1120. The smallest absolute Gasteiger partial charge is 0.407 e. The van der Waals surface area contributed by atoms with Crippen LogP contribution in [-0.2, 0) is 19.1 Å². The predicted molar refractivity (Wildman–Crippen MR) is 124 cm³/mol. The van der Waals surface area contributed by atoms with Gasteiger partial charge in [0.1, 0.15) is 12.0 Å². The molecular weight excluding hydrogens is 436 g/mol. The van der Waals surface area contributed by atoms with E-state index < -0.39 is 23.4 Å². The molecule has 2 aliphatic rings. The lowest BCUT2D eigenvalue weighted by atomic mass is 9.88. The van der Waals surface area contributed by atoms with Gasteiger partial charge in [-0.1, -0.05) is 54.5 Å². The first-order valence-electron chi connectivity index (χ1n) is 11.0. The molecule has 0 saturated carbocycles. The third-order valence-electron chi connectivity index (χ3n) is 6.38. The van der Waals surface area contributed by atoms with Gasteiger partial charge >= 0.3 is 12.1 Å². The van der Waals surface area contributed by atoms with Gasteiger partial charge in [-0.25, -0.2) is 4.79 Å². The highest BCUT2D eigenvalue weighted by Gasteiger charge is 2.46. The van der Waals surface area contributed by atoms with Crippen LogP contribution in [0.2, 0.25) is 0 Å². The molecule has 1 fully saturated rings. The highest BCUT2D eigenvalue weighted by molar-refractivity contribution is 5.94. The van der Waals surface area contributed by atoms with Gasteiger partial charge in [-0.3, -0.25) is 9.59 Å². The van der Waals surface area contributed by atoms with Crippen molar-refractivity contribution in [1.82, 2.24) is 10.2 Å². The highest BCUT2D eigenvalue weighted by Crippen LogP contribution is 2.44. The Labute approximate surface area is 197 Å². The number of hydrogen-bond acceptors (Lipinski definition) is 5. The van der Waals surface area contributed by atoms with Gasteiger partial charge in [-0.2, -0.15) is 0 Å². The molecule has 1 unspecified atom stereocenters. The summed E-state index contributed by atoms with van der Waals surface area (Å²) in [5.74, 6) is 3.56. The predicted octanol–water partition coefficient (Wildman–Crippen LogP) is 2.48. The van der Waals surface area contributed by atoms with Crippen LogP contribution in [-0.4, -0.2) is 67.9 Å². The molecule has 8 nitrogen and oxygen atoms in total. The van der Waals surface area contributed by atoms with Gasteiger partial charge in [0.2, 0.25) is 0 Å². The summed E-state index contributed by atoms with van der Waals surface area (Å²) in [7, 11) is 1.43. The molecule has 34 heavy (non-hydrogen) atoms. The first-order chi connectivity index (χ1) is 16.4. The molecule has 1 aliphatic heterocycles. The van der Waals surface area contributed by atoms with Crippen molar-refractivity contribution in [3.8, 4) is 23.0 Å². The van der Waals surface area contributed by atoms with Gasteiger partial charge in [0.05, 0.1) is 13.2 Å². The minimum Gasteiger partial charge on any atom is -0.481 e. The number of nitrogens with one attached hydrogen (secondary N) is 1. The van der Waals surface area contributed by atoms with E-state index in [1.807, 2.05) is 36.4 Å². The van der Waals surface area contributed by atoms with Crippen molar-refractivity contribution in [3.05, 3.63) is 59.7 Å². The topological polar surface area (TPSA) is 105 Å². The van der Waals surface area contributed by atoms with Crippen LogP contribution in [0.25, 0.3) is 11.1 Å². The van der Waals surface area contributed by atoms with Crippen molar-refractivity contribution in [2.24, 2.45) is 5.41 Å². The fourth-order valence-corrected chi connectivity index (χ4v) is 4.64. The van der Waals surface area contributed by atoms with Gasteiger partial charge in [-0.05, 0) is 34.6 Å². The second-order valence-electron chi connectivity index (χ2n) is 8.48. The zero-order chi connectivity index (χ0) is 24.1. The summed E-state index contributed by atoms with van der Waals surface area (Å²) >= 11 is 0. The van der Waals surface area contributed by atoms with Crippen molar-refractivity contribution in [3.63, 3.8) is 0 Å². The number of methoxy groups -OCH3 is 1. The van der Waals surface area contributed by atoms with E-state index >= 15 is 0 Å². The van der Waals surface area contributed by atoms with E-state index in [1.54, 1.807) is 0 Å². The lowest BCUT2D eigenvalue weighted by Crippen LogP contribution is -2.39. The number of carbonyl (C=O) groups is 3. The molecule has 1 saturated heterocycles. The van der Waals surface area contributed by atoms with Crippen molar-refractivity contribution in [2.45, 2.75) is 12.3 Å². The van der Waals surface area contributed by atoms with Gasteiger partial charge < -0.3 is 24.8 Å². The lowest BCUT2D eigenvalue weighted by Gasteiger charge is -2.22. The average Bonchev–Trinajstić information content (AvgIpc) is 3.41. The van der Waals surface area contributed by atoms with Crippen molar-refractivity contribution in [1.29, 1.82) is 0 Å². The SMILES string of the molecule is COCC1(C(=O)O)CCN(C(=O)C#CCNC(=O)OCC2c3ccccc3-c3ccccc32)C1. The fraction of sp³-hybridized carbons (Fsp3) is 0.346. The second-order valence-corrected chi connectivity index (χ2v) is 8.48. The van der Waals surface area contributed by atoms with Crippen LogP contribution in [0.3, 0.4) is 0 Å². The maximum atomic E-state index is 12.3. The van der Waals surface area contributed by atoms with E-state index in [1.165, 1.54) is 12.0 Å². The Kier molecular flexibility index (Phi) is 6.85. The number of amides is 2. The molecule has 0 radical (unpaired) electrons. The zero-order valence-corrected chi connectivity index (χ0v) is 18.9. The number of likely N-dealkylation sites (tertiary alicyclic amines) is 1. The summed E-state index contributed by atoms with van der Waals surface area (Å²) in [5.41, 5.74) is 3.44. The molecule has 8 heteroatoms. The summed E-state index contributed by atoms with van der Waals surface area (Å²) in [5, 5.41) is 12.0. The number of benzene rings is 2. The van der Waals surface area contributed by atoms with Crippen LogP contribution in [0.4, 0.5) is 4.79 Å². The zero-order valence-electron chi connectivity index (χ0n) is 18.9. The number of aliphatic carboxylic acids is 1. The minimum absolute atomic E-state index is 0.0306. The number of carboxylic acids is 1. The molecule has 0 bridgehead atoms. The molecule has 1 heterocycles. The van der Waals surface area contributed by atoms with E-state index in [4.69, 9.17) is 9.47 Å². The number of carboxylic acid groups (broad SMARTS) is 1. The first kappa shape index (κ1) is 23.3. The molecule has 1 aliphatic carbocycles. The Morgan fingerprint density at radius 2 is 1.76 bits per heavy atom. The Morgan fingerprint density at radius 3 is 2.38 bits per heavy atom. The van der Waals surface area contributed by atoms with Gasteiger partial charge in [-0.15, -0.1) is 0 Å². The van der Waals surface area contributed by atoms with Crippen molar-refractivity contribution in [2.75, 3.05) is 40.0 Å². The van der Waals surface area contributed by atoms with E-state index in [0.717, 1.165) is 22.3 Å². The van der Waals surface area contributed by atoms with Crippen LogP contribution < -0.4 is 5.32 Å². The second kappa shape index (κ2) is 9.98. The highest BCUT2D eigenvalue weighted by atomic mass is 16.5. The Balaban J connectivity index is 1.27. The standard InChI is InChI=1S/C26H26N2O6/c1-33-17-26(24(30)31)12-14-28(16-26)23(29)11-6-13-27-25(32)34-15-22-20-9-4-2-7-18(20)19-8-3-5-10-21(19)22/h2-5,7-10,22H,12-17H2,1H3,(H,27,32)(H,30,31). The van der Waals surface area contributed by atoms with E-state index in [0.29, 0.717) is 13.0 Å². The monoisotopic (exact) mass is 462 g/mol. The molecule has 176 valence electrons. The molecule has 2 aromatic rings. The lowest BCUT2D eigenvalue weighted by molar-refractivity contribution is -0.151. The largest absolute Gasteiger partial charge is 0.481 e. The maximum Gasteiger partial charge on any atom is 0.407 e. The molecule has 2 aromatic carbocycles. The normalized spacial score (nSPS) is 18.4. The summed E-state index contributed by atoms with van der Waals surface area (Å²) in [6, 6.07) is 16.2. The molecule has 1 atom stereocenters. The first-order valence-corrected chi connectivity index (χ1v) is 11.0. The Hall–Kier alpha value is -3.83. The number of nitrogens with zero attached hydrogens (tertiary/aromatic N) is 1. The van der Waals surface area contributed by atoms with Crippen LogP contribution in [0, 0.1) is 17.3 Å². The van der Waals surface area contributed by atoms with Gasteiger partial charge in [0, 0.05) is 26.1 Å². The molecule has 4 rings (SSSR count). The number of carbonyl (C=O) groups excluding carboxylic acids is 2. The van der Waals surface area contributed by atoms with Crippen molar-refractivity contribution < 1.29 is 29.0 Å². The summed E-state index contributed by atoms with van der Waals surface area (Å²) < 4.78 is 10.5. The third-order valence-corrected chi connectivity index (χ3v) is 6.38. The minimum atomic E-state index is -1.11. The van der Waals surface area contributed by atoms with Crippen LogP contribution in [0.1, 0.15) is 23.5 Å². The van der Waals surface area contributed by atoms with Crippen molar-refractivity contribution >= 4 is 18.0 Å². The number of ether oxygens (including phenoxy) is 2. The quantitative estimate of drug-likeness (QED) is 0.639. The summed E-state index contributed by atoms with van der Waals surface area (Å²) in [6.07, 6.45) is -0.309. The number of fused-ring (bicyclic) bond motifs is 3. The van der Waals surface area contributed by atoms with Gasteiger partial charge in [0.15, 0.2) is 0 Å². The van der Waals surface area contributed by atoms with Crippen LogP contribution >= 0.6 is 0 Å². The average molecular weight is 463 g/mol. The van der Waals surface area contributed by atoms with Crippen LogP contribution in [0.15, 0.2) is 48.5 Å². The van der Waals surface area contributed by atoms with E-state index in [-0.39, 0.29) is 32.2 Å². The summed E-state index contributed by atoms with van der Waals surface area (Å²) in [6.45, 7) is 0.504. The van der Waals surface area contributed by atoms with E-state index in [9.17, 15) is 19.5 Å². The maximum absolute atomic E-state index is 12.3. The third kappa shape index (κ3) is 4.61. The fourth-order valence-electron chi connectivity index (χ4n) is 4.64. The van der Waals surface area contributed by atoms with Gasteiger partial charge in [0.25, 0.3) is 5.91 Å². The summed E-state index contributed by atoms with van der Waals surface area (Å²) in [4.78, 5) is 37.5. The molecule has 0 spiro atoms. The van der Waals surface area contributed by atoms with Crippen LogP contribution in [0.5, 0.6) is 0 Å². The Morgan fingerprint density at radius 1 is 1.12 bits per heavy atom. The number of hydrogen-bond donors (Lipinski definition) is 2. The molecular formula is C26H26N2O6. The number of alkyl carbamates (subject to hydrolysis) is 1. The van der Waals surface area contributed by atoms with E-state index in [2.05, 4.69) is 29.3 Å². The molecule has 2 amide bonds. The number of rotatable bonds is 6. The molecule has 2 N–H and O–H groups in total. The molecule has 0 aromatic heterocycles.